The summed E-state index contributed by atoms with van der Waals surface area (Å²) in [6.45, 7) is 9.10. The molecule has 0 spiro atoms. The summed E-state index contributed by atoms with van der Waals surface area (Å²) < 4.78 is 0. The minimum atomic E-state index is -0.427. The molecule has 0 aliphatic carbocycles. The number of carbonyl (C=O) groups excluding carboxylic acids is 2. The Labute approximate surface area is 145 Å². The van der Waals surface area contributed by atoms with E-state index in [1.165, 1.54) is 5.56 Å². The number of rotatable bonds is 9. The zero-order valence-electron chi connectivity index (χ0n) is 15.3. The van der Waals surface area contributed by atoms with Crippen LogP contribution >= 0.6 is 0 Å². The van der Waals surface area contributed by atoms with Gasteiger partial charge in [-0.05, 0) is 29.9 Å². The van der Waals surface area contributed by atoms with Crippen molar-refractivity contribution in [3.8, 4) is 0 Å². The van der Waals surface area contributed by atoms with Crippen molar-refractivity contribution in [3.63, 3.8) is 0 Å². The third kappa shape index (κ3) is 7.13. The van der Waals surface area contributed by atoms with Gasteiger partial charge in [0.15, 0.2) is 0 Å². The summed E-state index contributed by atoms with van der Waals surface area (Å²) in [4.78, 5) is 23.5. The van der Waals surface area contributed by atoms with Gasteiger partial charge in [-0.2, -0.15) is 0 Å². The fourth-order valence-electron chi connectivity index (χ4n) is 2.50. The SMILES string of the molecule is CCCCNC(=O)NC(=O)CN[C@H](c1ccc(CC)cc1)C(C)C. The molecule has 24 heavy (non-hydrogen) atoms. The number of unbranched alkanes of at least 4 members (excludes halogenated alkanes) is 1. The maximum atomic E-state index is 11.9. The van der Waals surface area contributed by atoms with E-state index in [1.807, 2.05) is 6.92 Å². The first-order chi connectivity index (χ1) is 11.5. The summed E-state index contributed by atoms with van der Waals surface area (Å²) in [5.74, 6) is 0.0171. The predicted molar refractivity (Wildman–Crippen MR) is 97.9 cm³/mol. The summed E-state index contributed by atoms with van der Waals surface area (Å²) in [6.07, 6.45) is 2.92. The number of hydrogen-bond acceptors (Lipinski definition) is 3. The molecule has 1 aromatic carbocycles. The largest absolute Gasteiger partial charge is 0.338 e. The van der Waals surface area contributed by atoms with Crippen molar-refractivity contribution < 1.29 is 9.59 Å². The predicted octanol–water partition coefficient (Wildman–Crippen LogP) is 3.16. The second-order valence-corrected chi connectivity index (χ2v) is 6.36. The molecule has 0 aliphatic rings. The Kier molecular flexibility index (Phi) is 9.08. The molecule has 0 saturated heterocycles. The number of carbonyl (C=O) groups is 2. The summed E-state index contributed by atoms with van der Waals surface area (Å²) >= 11 is 0. The molecule has 0 heterocycles. The van der Waals surface area contributed by atoms with E-state index in [1.54, 1.807) is 0 Å². The first kappa shape index (κ1) is 20.2. The fraction of sp³-hybridized carbons (Fsp3) is 0.579. The highest BCUT2D eigenvalue weighted by atomic mass is 16.2. The van der Waals surface area contributed by atoms with Gasteiger partial charge in [-0.1, -0.05) is 58.4 Å². The van der Waals surface area contributed by atoms with Crippen molar-refractivity contribution in [2.75, 3.05) is 13.1 Å². The Hall–Kier alpha value is -1.88. The number of imide groups is 1. The molecular weight excluding hydrogens is 302 g/mol. The van der Waals surface area contributed by atoms with Crippen LogP contribution in [0.4, 0.5) is 4.79 Å². The fourth-order valence-corrected chi connectivity index (χ4v) is 2.50. The van der Waals surface area contributed by atoms with Crippen LogP contribution in [-0.2, 0) is 11.2 Å². The van der Waals surface area contributed by atoms with E-state index >= 15 is 0 Å². The zero-order valence-corrected chi connectivity index (χ0v) is 15.3. The van der Waals surface area contributed by atoms with Crippen molar-refractivity contribution in [1.82, 2.24) is 16.0 Å². The van der Waals surface area contributed by atoms with Gasteiger partial charge in [0.2, 0.25) is 5.91 Å². The summed E-state index contributed by atoms with van der Waals surface area (Å²) in [5, 5.41) is 8.28. The standard InChI is InChI=1S/C19H31N3O2/c1-5-7-12-20-19(24)22-17(23)13-21-18(14(3)4)16-10-8-15(6-2)9-11-16/h8-11,14,18,21H,5-7,12-13H2,1-4H3,(H2,20,22,23,24)/t18-/m0/s1. The molecule has 134 valence electrons. The van der Waals surface area contributed by atoms with Crippen molar-refractivity contribution in [3.05, 3.63) is 35.4 Å². The lowest BCUT2D eigenvalue weighted by atomic mass is 9.95. The van der Waals surface area contributed by atoms with Crippen molar-refractivity contribution >= 4 is 11.9 Å². The minimum absolute atomic E-state index is 0.0739. The van der Waals surface area contributed by atoms with E-state index in [9.17, 15) is 9.59 Å². The lowest BCUT2D eigenvalue weighted by molar-refractivity contribution is -0.119. The number of aryl methyl sites for hydroxylation is 1. The summed E-state index contributed by atoms with van der Waals surface area (Å²) in [5.41, 5.74) is 2.45. The Bertz CT molecular complexity index is 512. The second kappa shape index (κ2) is 10.8. The molecule has 5 heteroatoms. The maximum Gasteiger partial charge on any atom is 0.321 e. The van der Waals surface area contributed by atoms with E-state index in [4.69, 9.17) is 0 Å². The van der Waals surface area contributed by atoms with E-state index < -0.39 is 6.03 Å². The smallest absolute Gasteiger partial charge is 0.321 e. The van der Waals surface area contributed by atoms with Crippen LogP contribution in [0.2, 0.25) is 0 Å². The van der Waals surface area contributed by atoms with Gasteiger partial charge in [-0.3, -0.25) is 10.1 Å². The van der Waals surface area contributed by atoms with Crippen molar-refractivity contribution in [2.45, 2.75) is 53.0 Å². The van der Waals surface area contributed by atoms with Gasteiger partial charge in [0.25, 0.3) is 0 Å². The third-order valence-electron chi connectivity index (χ3n) is 3.97. The molecule has 0 aromatic heterocycles. The Morgan fingerprint density at radius 3 is 2.29 bits per heavy atom. The highest BCUT2D eigenvalue weighted by Gasteiger charge is 2.17. The molecule has 0 bridgehead atoms. The number of benzene rings is 1. The van der Waals surface area contributed by atoms with Gasteiger partial charge < -0.3 is 10.6 Å². The molecule has 3 N–H and O–H groups in total. The minimum Gasteiger partial charge on any atom is -0.338 e. The summed E-state index contributed by atoms with van der Waals surface area (Å²) in [7, 11) is 0. The number of nitrogens with one attached hydrogen (secondary N) is 3. The second-order valence-electron chi connectivity index (χ2n) is 6.36. The Morgan fingerprint density at radius 1 is 1.08 bits per heavy atom. The lowest BCUT2D eigenvalue weighted by Crippen LogP contribution is -2.44. The average molecular weight is 333 g/mol. The molecule has 0 saturated carbocycles. The van der Waals surface area contributed by atoms with Gasteiger partial charge in [0.1, 0.15) is 0 Å². The summed E-state index contributed by atoms with van der Waals surface area (Å²) in [6, 6.07) is 8.09. The van der Waals surface area contributed by atoms with E-state index in [-0.39, 0.29) is 18.5 Å². The molecular formula is C19H31N3O2. The highest BCUT2D eigenvalue weighted by Crippen LogP contribution is 2.21. The first-order valence-corrected chi connectivity index (χ1v) is 8.87. The van der Waals surface area contributed by atoms with Crippen LogP contribution in [0.1, 0.15) is 57.7 Å². The molecule has 1 aromatic rings. The molecule has 0 unspecified atom stereocenters. The van der Waals surface area contributed by atoms with Crippen LogP contribution in [-0.4, -0.2) is 25.0 Å². The number of urea groups is 1. The van der Waals surface area contributed by atoms with Crippen LogP contribution in [0.25, 0.3) is 0 Å². The van der Waals surface area contributed by atoms with E-state index in [0.717, 1.165) is 24.8 Å². The number of amides is 3. The van der Waals surface area contributed by atoms with Gasteiger partial charge in [-0.15, -0.1) is 0 Å². The topological polar surface area (TPSA) is 70.2 Å². The molecule has 1 atom stereocenters. The maximum absolute atomic E-state index is 11.9. The molecule has 5 nitrogen and oxygen atoms in total. The molecule has 0 fully saturated rings. The molecule has 0 radical (unpaired) electrons. The average Bonchev–Trinajstić information content (AvgIpc) is 2.55. The van der Waals surface area contributed by atoms with Crippen LogP contribution in [0.3, 0.4) is 0 Å². The van der Waals surface area contributed by atoms with Crippen LogP contribution in [0, 0.1) is 5.92 Å². The first-order valence-electron chi connectivity index (χ1n) is 8.87. The Balaban J connectivity index is 2.50. The number of hydrogen-bond donors (Lipinski definition) is 3. The quantitative estimate of drug-likeness (QED) is 0.608. The molecule has 3 amide bonds. The van der Waals surface area contributed by atoms with Gasteiger partial charge in [0, 0.05) is 12.6 Å². The van der Waals surface area contributed by atoms with E-state index in [0.29, 0.717) is 12.5 Å². The highest BCUT2D eigenvalue weighted by molar-refractivity contribution is 5.95. The van der Waals surface area contributed by atoms with Gasteiger partial charge in [0.05, 0.1) is 6.54 Å². The van der Waals surface area contributed by atoms with Crippen LogP contribution in [0.5, 0.6) is 0 Å². The third-order valence-corrected chi connectivity index (χ3v) is 3.97. The molecule has 0 aliphatic heterocycles. The van der Waals surface area contributed by atoms with Crippen molar-refractivity contribution in [1.29, 1.82) is 0 Å². The van der Waals surface area contributed by atoms with Gasteiger partial charge in [-0.25, -0.2) is 4.79 Å². The lowest BCUT2D eigenvalue weighted by Gasteiger charge is -2.23. The normalized spacial score (nSPS) is 12.0. The van der Waals surface area contributed by atoms with Crippen LogP contribution < -0.4 is 16.0 Å². The van der Waals surface area contributed by atoms with Crippen molar-refractivity contribution in [2.24, 2.45) is 5.92 Å². The Morgan fingerprint density at radius 2 is 1.75 bits per heavy atom. The zero-order chi connectivity index (χ0) is 17.9. The van der Waals surface area contributed by atoms with E-state index in [2.05, 4.69) is 61.0 Å². The van der Waals surface area contributed by atoms with Crippen LogP contribution in [0.15, 0.2) is 24.3 Å². The monoisotopic (exact) mass is 333 g/mol. The van der Waals surface area contributed by atoms with Gasteiger partial charge >= 0.3 is 6.03 Å². The molecule has 1 rings (SSSR count).